The van der Waals surface area contributed by atoms with Gasteiger partial charge >= 0.3 is 0 Å². The number of carbonyl (C=O) groups excluding carboxylic acids is 1. The summed E-state index contributed by atoms with van der Waals surface area (Å²) >= 11 is 0. The van der Waals surface area contributed by atoms with Crippen molar-refractivity contribution >= 4 is 5.78 Å². The molecule has 1 aromatic rings. The SMILES string of the molecule is CCn1c(C)nc2c1C(=O)/C(=C/N(C)C)C2. The van der Waals surface area contributed by atoms with Gasteiger partial charge in [-0.1, -0.05) is 0 Å². The summed E-state index contributed by atoms with van der Waals surface area (Å²) in [5.74, 6) is 1.07. The monoisotopic (exact) mass is 219 g/mol. The van der Waals surface area contributed by atoms with Crippen molar-refractivity contribution in [2.24, 2.45) is 0 Å². The lowest BCUT2D eigenvalue weighted by molar-refractivity contribution is 0.102. The van der Waals surface area contributed by atoms with Crippen LogP contribution in [0.1, 0.15) is 28.9 Å². The molecule has 0 unspecified atom stereocenters. The number of carbonyl (C=O) groups is 1. The van der Waals surface area contributed by atoms with E-state index in [0.717, 1.165) is 29.3 Å². The zero-order valence-corrected chi connectivity index (χ0v) is 10.2. The van der Waals surface area contributed by atoms with Gasteiger partial charge < -0.3 is 9.47 Å². The number of aryl methyl sites for hydroxylation is 1. The number of nitrogens with zero attached hydrogens (tertiary/aromatic N) is 3. The first kappa shape index (κ1) is 10.9. The summed E-state index contributed by atoms with van der Waals surface area (Å²) < 4.78 is 1.99. The Kier molecular flexibility index (Phi) is 2.58. The molecule has 0 saturated carbocycles. The van der Waals surface area contributed by atoms with E-state index in [0.29, 0.717) is 6.42 Å². The summed E-state index contributed by atoms with van der Waals surface area (Å²) in [5, 5.41) is 0. The molecule has 1 aliphatic rings. The molecule has 0 fully saturated rings. The lowest BCUT2D eigenvalue weighted by Gasteiger charge is -2.07. The third-order valence-corrected chi connectivity index (χ3v) is 2.83. The van der Waals surface area contributed by atoms with Crippen molar-refractivity contribution in [2.45, 2.75) is 26.8 Å². The lowest BCUT2D eigenvalue weighted by atomic mass is 10.2. The molecule has 2 rings (SSSR count). The van der Waals surface area contributed by atoms with Gasteiger partial charge in [-0.2, -0.15) is 0 Å². The molecule has 86 valence electrons. The Morgan fingerprint density at radius 1 is 1.50 bits per heavy atom. The summed E-state index contributed by atoms with van der Waals surface area (Å²) in [7, 11) is 3.85. The van der Waals surface area contributed by atoms with E-state index in [2.05, 4.69) is 4.98 Å². The molecule has 0 atom stereocenters. The van der Waals surface area contributed by atoms with Crippen LogP contribution in [0, 0.1) is 6.92 Å². The number of ketones is 1. The van der Waals surface area contributed by atoms with Gasteiger partial charge in [-0.3, -0.25) is 4.79 Å². The standard InChI is InChI=1S/C12H17N3O/c1-5-15-8(2)13-10-6-9(7-14(3)4)12(16)11(10)15/h7H,5-6H2,1-4H3/b9-7+. The molecular weight excluding hydrogens is 202 g/mol. The van der Waals surface area contributed by atoms with Gasteiger partial charge in [0.05, 0.1) is 5.69 Å². The molecule has 1 aliphatic carbocycles. The van der Waals surface area contributed by atoms with Crippen LogP contribution in [0.5, 0.6) is 0 Å². The minimum Gasteiger partial charge on any atom is -0.383 e. The molecule has 1 aromatic heterocycles. The maximum atomic E-state index is 12.2. The Morgan fingerprint density at radius 2 is 2.19 bits per heavy atom. The fraction of sp³-hybridized carbons (Fsp3) is 0.500. The molecule has 0 aromatic carbocycles. The Labute approximate surface area is 95.6 Å². The number of fused-ring (bicyclic) bond motifs is 1. The van der Waals surface area contributed by atoms with E-state index in [1.54, 1.807) is 0 Å². The molecule has 0 radical (unpaired) electrons. The van der Waals surface area contributed by atoms with E-state index in [1.165, 1.54) is 0 Å². The third-order valence-electron chi connectivity index (χ3n) is 2.83. The van der Waals surface area contributed by atoms with Crippen molar-refractivity contribution in [3.05, 3.63) is 29.0 Å². The third kappa shape index (κ3) is 1.54. The maximum absolute atomic E-state index is 12.2. The highest BCUT2D eigenvalue weighted by Gasteiger charge is 2.31. The smallest absolute Gasteiger partial charge is 0.209 e. The average Bonchev–Trinajstić information content (AvgIpc) is 2.64. The van der Waals surface area contributed by atoms with Gasteiger partial charge in [0.2, 0.25) is 5.78 Å². The quantitative estimate of drug-likeness (QED) is 0.706. The molecule has 0 amide bonds. The van der Waals surface area contributed by atoms with E-state index in [1.807, 2.05) is 43.6 Å². The molecule has 0 spiro atoms. The van der Waals surface area contributed by atoms with Gasteiger partial charge in [-0.05, 0) is 13.8 Å². The van der Waals surface area contributed by atoms with Crippen LogP contribution in [-0.2, 0) is 13.0 Å². The second-order valence-corrected chi connectivity index (χ2v) is 4.32. The van der Waals surface area contributed by atoms with Crippen LogP contribution in [0.15, 0.2) is 11.8 Å². The average molecular weight is 219 g/mol. The van der Waals surface area contributed by atoms with Crippen molar-refractivity contribution in [1.82, 2.24) is 14.5 Å². The molecule has 0 saturated heterocycles. The predicted molar refractivity (Wildman–Crippen MR) is 62.4 cm³/mol. The fourth-order valence-corrected chi connectivity index (χ4v) is 2.22. The first-order valence-corrected chi connectivity index (χ1v) is 5.52. The second-order valence-electron chi connectivity index (χ2n) is 4.32. The number of rotatable bonds is 2. The zero-order chi connectivity index (χ0) is 11.9. The fourth-order valence-electron chi connectivity index (χ4n) is 2.22. The number of hydrogen-bond donors (Lipinski definition) is 0. The Bertz CT molecular complexity index is 469. The van der Waals surface area contributed by atoms with Crippen LogP contribution < -0.4 is 0 Å². The summed E-state index contributed by atoms with van der Waals surface area (Å²) in [6, 6.07) is 0. The van der Waals surface area contributed by atoms with Crippen LogP contribution in [0.3, 0.4) is 0 Å². The van der Waals surface area contributed by atoms with Crippen LogP contribution in [0.4, 0.5) is 0 Å². The minimum atomic E-state index is 0.131. The van der Waals surface area contributed by atoms with Crippen LogP contribution >= 0.6 is 0 Å². The number of aromatic nitrogens is 2. The minimum absolute atomic E-state index is 0.131. The molecule has 0 N–H and O–H groups in total. The predicted octanol–water partition coefficient (Wildman–Crippen LogP) is 1.40. The van der Waals surface area contributed by atoms with Crippen molar-refractivity contribution in [3.8, 4) is 0 Å². The molecular formula is C12H17N3O. The van der Waals surface area contributed by atoms with Crippen molar-refractivity contribution in [1.29, 1.82) is 0 Å². The van der Waals surface area contributed by atoms with Crippen LogP contribution in [-0.4, -0.2) is 34.3 Å². The van der Waals surface area contributed by atoms with Gasteiger partial charge in [-0.25, -0.2) is 4.98 Å². The first-order chi connectivity index (χ1) is 7.54. The lowest BCUT2D eigenvalue weighted by Crippen LogP contribution is -2.11. The van der Waals surface area contributed by atoms with Gasteiger partial charge in [0.1, 0.15) is 11.5 Å². The Morgan fingerprint density at radius 3 is 2.75 bits per heavy atom. The Hall–Kier alpha value is -1.58. The van der Waals surface area contributed by atoms with E-state index in [4.69, 9.17) is 0 Å². The molecule has 4 heteroatoms. The second kappa shape index (κ2) is 3.77. The molecule has 4 nitrogen and oxygen atoms in total. The highest BCUT2D eigenvalue weighted by Crippen LogP contribution is 2.26. The number of Topliss-reactive ketones (excluding diaryl/α,β-unsaturated/α-hetero) is 1. The van der Waals surface area contributed by atoms with Gasteiger partial charge in [0.25, 0.3) is 0 Å². The van der Waals surface area contributed by atoms with Gasteiger partial charge in [0.15, 0.2) is 0 Å². The van der Waals surface area contributed by atoms with E-state index in [9.17, 15) is 4.79 Å². The summed E-state index contributed by atoms with van der Waals surface area (Å²) in [5.41, 5.74) is 2.55. The molecule has 0 bridgehead atoms. The zero-order valence-electron chi connectivity index (χ0n) is 10.2. The van der Waals surface area contributed by atoms with Gasteiger partial charge in [-0.15, -0.1) is 0 Å². The highest BCUT2D eigenvalue weighted by atomic mass is 16.1. The van der Waals surface area contributed by atoms with Crippen LogP contribution in [0.25, 0.3) is 0 Å². The Balaban J connectivity index is 2.45. The summed E-state index contributed by atoms with van der Waals surface area (Å²) in [6.45, 7) is 4.79. The number of hydrogen-bond acceptors (Lipinski definition) is 3. The molecule has 16 heavy (non-hydrogen) atoms. The maximum Gasteiger partial charge on any atom is 0.209 e. The summed E-state index contributed by atoms with van der Waals surface area (Å²) in [6.07, 6.45) is 2.56. The number of imidazole rings is 1. The normalized spacial score (nSPS) is 17.0. The summed E-state index contributed by atoms with van der Waals surface area (Å²) in [4.78, 5) is 18.5. The molecule has 1 heterocycles. The van der Waals surface area contributed by atoms with Crippen molar-refractivity contribution in [3.63, 3.8) is 0 Å². The van der Waals surface area contributed by atoms with Crippen molar-refractivity contribution in [2.75, 3.05) is 14.1 Å². The highest BCUT2D eigenvalue weighted by molar-refractivity contribution is 6.11. The molecule has 0 aliphatic heterocycles. The largest absolute Gasteiger partial charge is 0.383 e. The van der Waals surface area contributed by atoms with E-state index in [-0.39, 0.29) is 5.78 Å². The van der Waals surface area contributed by atoms with Gasteiger partial charge in [0, 0.05) is 38.8 Å². The number of allylic oxidation sites excluding steroid dienone is 1. The van der Waals surface area contributed by atoms with E-state index < -0.39 is 0 Å². The van der Waals surface area contributed by atoms with E-state index >= 15 is 0 Å². The topological polar surface area (TPSA) is 38.1 Å². The van der Waals surface area contributed by atoms with Crippen LogP contribution in [0.2, 0.25) is 0 Å². The van der Waals surface area contributed by atoms with Crippen molar-refractivity contribution < 1.29 is 4.79 Å². The first-order valence-electron chi connectivity index (χ1n) is 5.52.